The fourth-order valence-electron chi connectivity index (χ4n) is 1.71. The Morgan fingerprint density at radius 1 is 1.33 bits per heavy atom. The lowest BCUT2D eigenvalue weighted by Crippen LogP contribution is -1.90. The summed E-state index contributed by atoms with van der Waals surface area (Å²) in [7, 11) is 0. The van der Waals surface area contributed by atoms with Crippen LogP contribution in [-0.4, -0.2) is 24.6 Å². The molecule has 0 aliphatic heterocycles. The predicted octanol–water partition coefficient (Wildman–Crippen LogP) is 1.43. The van der Waals surface area contributed by atoms with Crippen molar-refractivity contribution >= 4 is 5.78 Å². The SMILES string of the molecule is Cc1nc2ncccn2c1-c1ccn[nH]1. The van der Waals surface area contributed by atoms with E-state index in [9.17, 15) is 0 Å². The predicted molar refractivity (Wildman–Crippen MR) is 55.3 cm³/mol. The van der Waals surface area contributed by atoms with Crippen molar-refractivity contribution in [2.24, 2.45) is 0 Å². The maximum absolute atomic E-state index is 4.37. The number of H-pyrrole nitrogens is 1. The molecule has 0 amide bonds. The highest BCUT2D eigenvalue weighted by atomic mass is 15.1. The maximum Gasteiger partial charge on any atom is 0.234 e. The van der Waals surface area contributed by atoms with Gasteiger partial charge in [-0.1, -0.05) is 0 Å². The molecule has 0 spiro atoms. The van der Waals surface area contributed by atoms with Crippen molar-refractivity contribution in [3.8, 4) is 11.4 Å². The van der Waals surface area contributed by atoms with E-state index in [1.165, 1.54) is 0 Å². The molecule has 0 atom stereocenters. The summed E-state index contributed by atoms with van der Waals surface area (Å²) < 4.78 is 1.95. The summed E-state index contributed by atoms with van der Waals surface area (Å²) in [6.45, 7) is 1.96. The summed E-state index contributed by atoms with van der Waals surface area (Å²) in [6, 6.07) is 3.80. The van der Waals surface area contributed by atoms with Crippen molar-refractivity contribution in [1.29, 1.82) is 0 Å². The number of fused-ring (bicyclic) bond motifs is 1. The smallest absolute Gasteiger partial charge is 0.234 e. The van der Waals surface area contributed by atoms with Gasteiger partial charge in [0, 0.05) is 18.6 Å². The van der Waals surface area contributed by atoms with Gasteiger partial charge >= 0.3 is 0 Å². The molecule has 5 nitrogen and oxygen atoms in total. The number of nitrogens with one attached hydrogen (secondary N) is 1. The summed E-state index contributed by atoms with van der Waals surface area (Å²) in [5, 5.41) is 6.87. The van der Waals surface area contributed by atoms with Crippen LogP contribution in [0.4, 0.5) is 0 Å². The van der Waals surface area contributed by atoms with Crippen LogP contribution in [0.15, 0.2) is 30.7 Å². The molecule has 0 radical (unpaired) electrons. The molecule has 0 saturated heterocycles. The van der Waals surface area contributed by atoms with Crippen molar-refractivity contribution < 1.29 is 0 Å². The van der Waals surface area contributed by atoms with Crippen LogP contribution in [0, 0.1) is 6.92 Å². The highest BCUT2D eigenvalue weighted by Gasteiger charge is 2.11. The minimum atomic E-state index is 0.708. The number of hydrogen-bond acceptors (Lipinski definition) is 3. The van der Waals surface area contributed by atoms with E-state index in [0.29, 0.717) is 5.78 Å². The largest absolute Gasteiger partial charge is 0.282 e. The molecule has 3 rings (SSSR count). The Labute approximate surface area is 85.8 Å². The van der Waals surface area contributed by atoms with E-state index >= 15 is 0 Å². The number of aryl methyl sites for hydroxylation is 1. The molecule has 0 aliphatic rings. The lowest BCUT2D eigenvalue weighted by atomic mass is 10.2. The van der Waals surface area contributed by atoms with Crippen molar-refractivity contribution in [2.45, 2.75) is 6.92 Å². The summed E-state index contributed by atoms with van der Waals surface area (Å²) in [4.78, 5) is 8.56. The lowest BCUT2D eigenvalue weighted by Gasteiger charge is -1.98. The van der Waals surface area contributed by atoms with Crippen LogP contribution in [0.3, 0.4) is 0 Å². The van der Waals surface area contributed by atoms with Gasteiger partial charge in [-0.2, -0.15) is 5.10 Å². The summed E-state index contributed by atoms with van der Waals surface area (Å²) in [5.41, 5.74) is 2.90. The van der Waals surface area contributed by atoms with Gasteiger partial charge in [0.15, 0.2) is 0 Å². The average Bonchev–Trinajstić information content (AvgIpc) is 2.82. The zero-order valence-corrected chi connectivity index (χ0v) is 8.18. The van der Waals surface area contributed by atoms with Crippen LogP contribution in [0.1, 0.15) is 5.69 Å². The second-order valence-electron chi connectivity index (χ2n) is 3.31. The third-order valence-electron chi connectivity index (χ3n) is 2.33. The Morgan fingerprint density at radius 3 is 3.07 bits per heavy atom. The first-order valence-corrected chi connectivity index (χ1v) is 4.65. The van der Waals surface area contributed by atoms with Gasteiger partial charge < -0.3 is 0 Å². The molecule has 0 aliphatic carbocycles. The van der Waals surface area contributed by atoms with E-state index in [0.717, 1.165) is 17.1 Å². The molecule has 0 fully saturated rings. The number of aromatic amines is 1. The molecule has 3 aromatic rings. The zero-order valence-electron chi connectivity index (χ0n) is 8.18. The molecule has 3 heterocycles. The molecule has 15 heavy (non-hydrogen) atoms. The van der Waals surface area contributed by atoms with Gasteiger partial charge in [-0.05, 0) is 19.1 Å². The van der Waals surface area contributed by atoms with Crippen LogP contribution in [0.25, 0.3) is 17.2 Å². The minimum Gasteiger partial charge on any atom is -0.282 e. The quantitative estimate of drug-likeness (QED) is 0.645. The van der Waals surface area contributed by atoms with E-state index in [1.807, 2.05) is 29.7 Å². The maximum atomic E-state index is 4.37. The molecule has 0 aromatic carbocycles. The fourth-order valence-corrected chi connectivity index (χ4v) is 1.71. The van der Waals surface area contributed by atoms with Crippen LogP contribution in [0.5, 0.6) is 0 Å². The molecule has 3 aromatic heterocycles. The molecule has 0 bridgehead atoms. The number of aromatic nitrogens is 5. The van der Waals surface area contributed by atoms with Gasteiger partial charge in [-0.3, -0.25) is 9.50 Å². The summed E-state index contributed by atoms with van der Waals surface area (Å²) >= 11 is 0. The van der Waals surface area contributed by atoms with Gasteiger partial charge in [-0.15, -0.1) is 0 Å². The Hall–Kier alpha value is -2.17. The van der Waals surface area contributed by atoms with Gasteiger partial charge in [0.25, 0.3) is 0 Å². The second-order valence-corrected chi connectivity index (χ2v) is 3.31. The standard InChI is InChI=1S/C10H9N5/c1-7-9(8-3-5-12-14-8)15-6-2-4-11-10(15)13-7/h2-6H,1H3,(H,12,14). The molecule has 5 heteroatoms. The van der Waals surface area contributed by atoms with Gasteiger partial charge in [0.2, 0.25) is 5.78 Å². The average molecular weight is 199 g/mol. The normalized spacial score (nSPS) is 11.0. The van der Waals surface area contributed by atoms with E-state index in [-0.39, 0.29) is 0 Å². The first kappa shape index (κ1) is 8.16. The van der Waals surface area contributed by atoms with Crippen molar-refractivity contribution in [1.82, 2.24) is 24.6 Å². The van der Waals surface area contributed by atoms with Crippen LogP contribution in [0.2, 0.25) is 0 Å². The second kappa shape index (κ2) is 2.91. The molecule has 1 N–H and O–H groups in total. The first-order chi connectivity index (χ1) is 7.36. The van der Waals surface area contributed by atoms with Crippen LogP contribution in [-0.2, 0) is 0 Å². The van der Waals surface area contributed by atoms with Gasteiger partial charge in [0.05, 0.1) is 17.1 Å². The Balaban J connectivity index is 2.39. The highest BCUT2D eigenvalue weighted by molar-refractivity contribution is 5.61. The minimum absolute atomic E-state index is 0.708. The highest BCUT2D eigenvalue weighted by Crippen LogP contribution is 2.21. The number of hydrogen-bond donors (Lipinski definition) is 1. The van der Waals surface area contributed by atoms with Crippen LogP contribution >= 0.6 is 0 Å². The van der Waals surface area contributed by atoms with Gasteiger partial charge in [0.1, 0.15) is 0 Å². The summed E-state index contributed by atoms with van der Waals surface area (Å²) in [6.07, 6.45) is 5.40. The third kappa shape index (κ3) is 1.13. The fraction of sp³-hybridized carbons (Fsp3) is 0.100. The summed E-state index contributed by atoms with van der Waals surface area (Å²) in [5.74, 6) is 0.708. The molecule has 0 saturated carbocycles. The van der Waals surface area contributed by atoms with Crippen molar-refractivity contribution in [3.63, 3.8) is 0 Å². The van der Waals surface area contributed by atoms with E-state index in [2.05, 4.69) is 20.2 Å². The van der Waals surface area contributed by atoms with E-state index < -0.39 is 0 Å². The van der Waals surface area contributed by atoms with Gasteiger partial charge in [-0.25, -0.2) is 9.97 Å². The number of nitrogens with zero attached hydrogens (tertiary/aromatic N) is 4. The third-order valence-corrected chi connectivity index (χ3v) is 2.33. The zero-order chi connectivity index (χ0) is 10.3. The molecular weight excluding hydrogens is 190 g/mol. The van der Waals surface area contributed by atoms with E-state index in [4.69, 9.17) is 0 Å². The number of rotatable bonds is 1. The lowest BCUT2D eigenvalue weighted by molar-refractivity contribution is 1.06. The van der Waals surface area contributed by atoms with Crippen LogP contribution < -0.4 is 0 Å². The van der Waals surface area contributed by atoms with Crippen molar-refractivity contribution in [3.05, 3.63) is 36.4 Å². The molecule has 0 unspecified atom stereocenters. The Bertz CT molecular complexity index is 593. The van der Waals surface area contributed by atoms with Crippen molar-refractivity contribution in [2.75, 3.05) is 0 Å². The molecular formula is C10H9N5. The Kier molecular flexibility index (Phi) is 1.58. The van der Waals surface area contributed by atoms with E-state index in [1.54, 1.807) is 12.4 Å². The number of imidazole rings is 1. The monoisotopic (exact) mass is 199 g/mol. The topological polar surface area (TPSA) is 58.9 Å². The Morgan fingerprint density at radius 2 is 2.27 bits per heavy atom. The molecule has 74 valence electrons. The first-order valence-electron chi connectivity index (χ1n) is 4.65.